The van der Waals surface area contributed by atoms with Crippen molar-refractivity contribution in [1.82, 2.24) is 4.98 Å². The van der Waals surface area contributed by atoms with E-state index in [-0.39, 0.29) is 22.4 Å². The zero-order valence-corrected chi connectivity index (χ0v) is 21.0. The molecule has 0 bridgehead atoms. The number of H-pyrrole nitrogens is 1. The molecule has 178 valence electrons. The molecule has 0 atom stereocenters. The molecule has 0 radical (unpaired) electrons. The molecule has 3 aromatic rings. The van der Waals surface area contributed by atoms with Crippen LogP contribution in [0.3, 0.4) is 0 Å². The molecule has 36 heavy (non-hydrogen) atoms. The summed E-state index contributed by atoms with van der Waals surface area (Å²) in [4.78, 5) is 21.9. The van der Waals surface area contributed by atoms with E-state index in [1.807, 2.05) is 12.1 Å². The number of Topliss-reactive ketones (excluding diaryl/α,β-unsaturated/α-hetero) is 1. The molecule has 0 saturated heterocycles. The Bertz CT molecular complexity index is 1650. The van der Waals surface area contributed by atoms with Crippen molar-refractivity contribution >= 4 is 17.1 Å². The number of allylic oxidation sites excluding steroid dienone is 4. The van der Waals surface area contributed by atoms with E-state index >= 15 is 0 Å². The van der Waals surface area contributed by atoms with Crippen molar-refractivity contribution in [2.45, 2.75) is 51.4 Å². The van der Waals surface area contributed by atoms with Gasteiger partial charge in [-0.2, -0.15) is 0 Å². The molecule has 0 unspecified atom stereocenters. The number of fused-ring (bicyclic) bond motifs is 4. The van der Waals surface area contributed by atoms with Gasteiger partial charge >= 0.3 is 0 Å². The van der Waals surface area contributed by atoms with Crippen LogP contribution >= 0.6 is 0 Å². The first-order valence-corrected chi connectivity index (χ1v) is 12.6. The van der Waals surface area contributed by atoms with Crippen molar-refractivity contribution in [3.63, 3.8) is 0 Å². The lowest BCUT2D eigenvalue weighted by Gasteiger charge is -2.34. The van der Waals surface area contributed by atoms with Crippen molar-refractivity contribution in [3.05, 3.63) is 122 Å². The number of hydrogen-bond donors (Lipinski definition) is 2. The smallest absolute Gasteiger partial charge is 0.204 e. The number of ketones is 1. The molecule has 2 aromatic carbocycles. The summed E-state index contributed by atoms with van der Waals surface area (Å²) in [5, 5.41) is 11.1. The molecular weight excluding hydrogens is 444 g/mol. The topological polar surface area (TPSA) is 65.5 Å². The molecule has 2 N–H and O–H groups in total. The number of aromatic nitrogens is 1. The van der Waals surface area contributed by atoms with Crippen LogP contribution in [-0.2, 0) is 28.5 Å². The monoisotopic (exact) mass is 472 g/mol. The lowest BCUT2D eigenvalue weighted by Crippen LogP contribution is -2.35. The Balaban J connectivity index is 1.30. The minimum Gasteiger partial charge on any atom is -0.506 e. The van der Waals surface area contributed by atoms with Crippen LogP contribution in [-0.4, -0.2) is 21.6 Å². The number of aliphatic imine (C=N–C) groups is 1. The highest BCUT2D eigenvalue weighted by molar-refractivity contribution is 6.39. The number of benzene rings is 2. The number of rotatable bonds is 1. The average molecular weight is 473 g/mol. The summed E-state index contributed by atoms with van der Waals surface area (Å²) in [6, 6.07) is 19.0. The van der Waals surface area contributed by atoms with Gasteiger partial charge in [-0.05, 0) is 58.4 Å². The third-order valence-corrected chi connectivity index (χ3v) is 8.56. The summed E-state index contributed by atoms with van der Waals surface area (Å²) in [7, 11) is 0. The SMILES string of the molecule is CC1(C)C2=N/C(=C3/C(=O)C(c4cc5c([nH]4)C(C)(C)c4ccccc4C5)=C3O)C=C2Cc2ccccc21. The standard InChI is InChI=1S/C32H28N2O2/c1-31(2)21-11-7-5-9-17(21)13-19-15-23(33-29(19)31)25-27(35)26(28(25)36)24-16-20-14-18-10-6-8-12-22(18)32(3,4)30(20)34-24/h5-12,15-16,33,35H,13-14H2,1-4H3/b26-24+. The molecule has 0 spiro atoms. The largest absolute Gasteiger partial charge is 0.506 e. The minimum absolute atomic E-state index is 0.0408. The second-order valence-electron chi connectivity index (χ2n) is 11.4. The van der Waals surface area contributed by atoms with E-state index in [0.717, 1.165) is 29.8 Å². The van der Waals surface area contributed by atoms with Crippen LogP contribution in [0.15, 0.2) is 88.3 Å². The summed E-state index contributed by atoms with van der Waals surface area (Å²) in [5.41, 5.74) is 11.1. The summed E-state index contributed by atoms with van der Waals surface area (Å²) in [5.74, 6) is -0.106. The number of aromatic amines is 1. The molecule has 7 rings (SSSR count). The number of aliphatic hydroxyl groups is 1. The maximum absolute atomic E-state index is 13.4. The normalized spacial score (nSPS) is 22.7. The number of aliphatic hydroxyl groups excluding tert-OH is 1. The molecule has 2 heterocycles. The first-order chi connectivity index (χ1) is 17.2. The van der Waals surface area contributed by atoms with E-state index < -0.39 is 0 Å². The minimum atomic E-state index is -0.253. The number of carbonyl (C=O) groups excluding carboxylic acids is 1. The lowest BCUT2D eigenvalue weighted by atomic mass is 9.69. The molecule has 4 aliphatic rings. The Morgan fingerprint density at radius 1 is 0.833 bits per heavy atom. The third-order valence-electron chi connectivity index (χ3n) is 8.56. The molecule has 4 heteroatoms. The first kappa shape index (κ1) is 21.4. The van der Waals surface area contributed by atoms with Crippen molar-refractivity contribution in [3.8, 4) is 0 Å². The zero-order valence-electron chi connectivity index (χ0n) is 21.0. The van der Waals surface area contributed by atoms with Gasteiger partial charge in [0.05, 0.1) is 28.2 Å². The van der Waals surface area contributed by atoms with Crippen molar-refractivity contribution in [2.24, 2.45) is 4.99 Å². The summed E-state index contributed by atoms with van der Waals surface area (Å²) < 4.78 is 0. The van der Waals surface area contributed by atoms with Crippen LogP contribution < -0.4 is 0 Å². The molecule has 1 aliphatic heterocycles. The number of hydrogen-bond acceptors (Lipinski definition) is 3. The Kier molecular flexibility index (Phi) is 4.07. The van der Waals surface area contributed by atoms with Gasteiger partial charge in [-0.1, -0.05) is 76.2 Å². The second kappa shape index (κ2) is 6.85. The first-order valence-electron chi connectivity index (χ1n) is 12.6. The fraction of sp³-hybridized carbons (Fsp3) is 0.250. The average Bonchev–Trinajstić information content (AvgIpc) is 3.45. The van der Waals surface area contributed by atoms with E-state index in [0.29, 0.717) is 22.5 Å². The highest BCUT2D eigenvalue weighted by Crippen LogP contribution is 2.47. The van der Waals surface area contributed by atoms with E-state index in [9.17, 15) is 9.90 Å². The Hall–Kier alpha value is -3.92. The number of nitrogens with one attached hydrogen (secondary N) is 1. The third kappa shape index (κ3) is 2.64. The highest BCUT2D eigenvalue weighted by atomic mass is 16.3. The van der Waals surface area contributed by atoms with Crippen LogP contribution in [0.25, 0.3) is 5.57 Å². The van der Waals surface area contributed by atoms with Crippen molar-refractivity contribution in [1.29, 1.82) is 0 Å². The number of nitrogens with zero attached hydrogens (tertiary/aromatic N) is 1. The Morgan fingerprint density at radius 2 is 1.47 bits per heavy atom. The van der Waals surface area contributed by atoms with Gasteiger partial charge in [-0.15, -0.1) is 0 Å². The predicted molar refractivity (Wildman–Crippen MR) is 142 cm³/mol. The van der Waals surface area contributed by atoms with Gasteiger partial charge in [-0.3, -0.25) is 9.79 Å². The van der Waals surface area contributed by atoms with Gasteiger partial charge in [-0.25, -0.2) is 0 Å². The fourth-order valence-electron chi connectivity index (χ4n) is 6.72. The molecule has 0 amide bonds. The second-order valence-corrected chi connectivity index (χ2v) is 11.4. The quantitative estimate of drug-likeness (QED) is 0.410. The van der Waals surface area contributed by atoms with Crippen LogP contribution in [0.5, 0.6) is 0 Å². The van der Waals surface area contributed by atoms with E-state index in [2.05, 4.69) is 81.2 Å². The molecule has 3 aliphatic carbocycles. The molecule has 4 nitrogen and oxygen atoms in total. The number of carbonyl (C=O) groups is 1. The summed E-state index contributed by atoms with van der Waals surface area (Å²) in [6.07, 6.45) is 3.60. The van der Waals surface area contributed by atoms with Gasteiger partial charge in [0.1, 0.15) is 5.76 Å². The summed E-state index contributed by atoms with van der Waals surface area (Å²) in [6.45, 7) is 8.77. The Labute approximate surface area is 210 Å². The fourth-order valence-corrected chi connectivity index (χ4v) is 6.72. The molecule has 1 aromatic heterocycles. The zero-order chi connectivity index (χ0) is 25.0. The van der Waals surface area contributed by atoms with Gasteiger partial charge in [0.15, 0.2) is 0 Å². The van der Waals surface area contributed by atoms with Gasteiger partial charge < -0.3 is 10.1 Å². The summed E-state index contributed by atoms with van der Waals surface area (Å²) >= 11 is 0. The van der Waals surface area contributed by atoms with Crippen LogP contribution in [0, 0.1) is 0 Å². The predicted octanol–water partition coefficient (Wildman–Crippen LogP) is 6.27. The van der Waals surface area contributed by atoms with Crippen molar-refractivity contribution in [2.75, 3.05) is 0 Å². The van der Waals surface area contributed by atoms with Crippen LogP contribution in [0.1, 0.15) is 66.9 Å². The van der Waals surface area contributed by atoms with Gasteiger partial charge in [0.25, 0.3) is 0 Å². The van der Waals surface area contributed by atoms with Crippen molar-refractivity contribution < 1.29 is 9.90 Å². The van der Waals surface area contributed by atoms with E-state index in [4.69, 9.17) is 4.99 Å². The highest BCUT2D eigenvalue weighted by Gasteiger charge is 2.43. The molecule has 0 saturated carbocycles. The lowest BCUT2D eigenvalue weighted by molar-refractivity contribution is -0.111. The maximum Gasteiger partial charge on any atom is 0.204 e. The van der Waals surface area contributed by atoms with Gasteiger partial charge in [0, 0.05) is 16.5 Å². The maximum atomic E-state index is 13.4. The van der Waals surface area contributed by atoms with Gasteiger partial charge in [0.2, 0.25) is 5.78 Å². The van der Waals surface area contributed by atoms with E-state index in [1.54, 1.807) is 0 Å². The van der Waals surface area contributed by atoms with Crippen LogP contribution in [0.4, 0.5) is 0 Å². The molecular formula is C32H28N2O2. The van der Waals surface area contributed by atoms with Crippen LogP contribution in [0.2, 0.25) is 0 Å². The van der Waals surface area contributed by atoms with E-state index in [1.165, 1.54) is 27.8 Å². The molecule has 0 fully saturated rings. The Morgan fingerprint density at radius 3 is 2.17 bits per heavy atom.